The summed E-state index contributed by atoms with van der Waals surface area (Å²) in [7, 11) is 0. The van der Waals surface area contributed by atoms with Crippen molar-refractivity contribution in [2.45, 2.75) is 6.18 Å². The highest BCUT2D eigenvalue weighted by Gasteiger charge is 2.28. The normalized spacial score (nSPS) is 15.7. The van der Waals surface area contributed by atoms with E-state index in [0.29, 0.717) is 31.1 Å². The number of thiophene rings is 1. The molecule has 138 valence electrons. The van der Waals surface area contributed by atoms with E-state index in [1.54, 1.807) is 27.2 Å². The summed E-state index contributed by atoms with van der Waals surface area (Å²) < 4.78 is 35.9. The largest absolute Gasteiger partial charge is 0.405 e. The highest BCUT2D eigenvalue weighted by molar-refractivity contribution is 7.12. The van der Waals surface area contributed by atoms with Crippen LogP contribution in [0.2, 0.25) is 0 Å². The number of urea groups is 1. The lowest BCUT2D eigenvalue weighted by Crippen LogP contribution is -2.52. The Morgan fingerprint density at radius 3 is 2.40 bits per heavy atom. The van der Waals surface area contributed by atoms with Gasteiger partial charge in [-0.1, -0.05) is 6.07 Å². The SMILES string of the molecule is O=C(CN1CCN(C(=O)c2cccs2)CC1)NC(=O)NCC(F)(F)F. The standard InChI is InChI=1S/C14H17F3N4O3S/c15-14(16,17)9-18-13(24)19-11(22)8-20-3-5-21(6-4-20)12(23)10-2-1-7-25-10/h1-2,7H,3-6,8-9H2,(H2,18,19,22,24). The first-order valence-electron chi connectivity index (χ1n) is 7.44. The molecule has 2 heterocycles. The molecule has 1 fully saturated rings. The lowest BCUT2D eigenvalue weighted by molar-refractivity contribution is -0.125. The van der Waals surface area contributed by atoms with Crippen LogP contribution in [0.5, 0.6) is 0 Å². The number of nitrogens with zero attached hydrogens (tertiary/aromatic N) is 2. The number of hydrogen-bond acceptors (Lipinski definition) is 5. The summed E-state index contributed by atoms with van der Waals surface area (Å²) in [6.45, 7) is 0.119. The Morgan fingerprint density at radius 2 is 1.84 bits per heavy atom. The average molecular weight is 378 g/mol. The molecule has 2 rings (SSSR count). The van der Waals surface area contributed by atoms with Crippen molar-refractivity contribution < 1.29 is 27.6 Å². The Labute approximate surface area is 145 Å². The monoisotopic (exact) mass is 378 g/mol. The van der Waals surface area contributed by atoms with Crippen molar-refractivity contribution in [2.75, 3.05) is 39.3 Å². The predicted octanol–water partition coefficient (Wildman–Crippen LogP) is 0.894. The summed E-state index contributed by atoms with van der Waals surface area (Å²) in [6, 6.07) is 2.35. The van der Waals surface area contributed by atoms with Crippen LogP contribution in [0.4, 0.5) is 18.0 Å². The van der Waals surface area contributed by atoms with E-state index in [1.165, 1.54) is 11.3 Å². The fourth-order valence-electron chi connectivity index (χ4n) is 2.26. The zero-order chi connectivity index (χ0) is 18.4. The Kier molecular flexibility index (Phi) is 6.37. The maximum atomic E-state index is 12.2. The number of nitrogens with one attached hydrogen (secondary N) is 2. The fourth-order valence-corrected chi connectivity index (χ4v) is 2.95. The van der Waals surface area contributed by atoms with Crippen LogP contribution in [0.15, 0.2) is 17.5 Å². The van der Waals surface area contributed by atoms with Gasteiger partial charge in [-0.3, -0.25) is 19.8 Å². The van der Waals surface area contributed by atoms with Gasteiger partial charge in [0.05, 0.1) is 11.4 Å². The van der Waals surface area contributed by atoms with Gasteiger partial charge in [-0.05, 0) is 11.4 Å². The van der Waals surface area contributed by atoms with Gasteiger partial charge in [0.1, 0.15) is 6.54 Å². The lowest BCUT2D eigenvalue weighted by Gasteiger charge is -2.34. The molecule has 0 unspecified atom stereocenters. The molecule has 0 bridgehead atoms. The van der Waals surface area contributed by atoms with Crippen molar-refractivity contribution in [3.05, 3.63) is 22.4 Å². The highest BCUT2D eigenvalue weighted by Crippen LogP contribution is 2.14. The van der Waals surface area contributed by atoms with Crippen molar-refractivity contribution >= 4 is 29.2 Å². The topological polar surface area (TPSA) is 81.8 Å². The molecule has 1 saturated heterocycles. The van der Waals surface area contributed by atoms with Crippen LogP contribution in [0.25, 0.3) is 0 Å². The second kappa shape index (κ2) is 8.30. The molecule has 0 saturated carbocycles. The van der Waals surface area contributed by atoms with Gasteiger partial charge in [0.15, 0.2) is 0 Å². The number of alkyl halides is 3. The summed E-state index contributed by atoms with van der Waals surface area (Å²) in [5, 5.41) is 5.23. The zero-order valence-electron chi connectivity index (χ0n) is 13.1. The fraction of sp³-hybridized carbons (Fsp3) is 0.500. The molecule has 0 aromatic carbocycles. The van der Waals surface area contributed by atoms with E-state index in [4.69, 9.17) is 0 Å². The molecule has 7 nitrogen and oxygen atoms in total. The molecule has 0 radical (unpaired) electrons. The van der Waals surface area contributed by atoms with Gasteiger partial charge < -0.3 is 10.2 Å². The lowest BCUT2D eigenvalue weighted by atomic mass is 10.3. The molecule has 0 spiro atoms. The van der Waals surface area contributed by atoms with E-state index in [0.717, 1.165) is 0 Å². The second-order valence-electron chi connectivity index (χ2n) is 5.39. The van der Waals surface area contributed by atoms with Gasteiger partial charge in [-0.15, -0.1) is 11.3 Å². The smallest absolute Gasteiger partial charge is 0.335 e. The minimum atomic E-state index is -4.54. The van der Waals surface area contributed by atoms with Crippen molar-refractivity contribution in [1.82, 2.24) is 20.4 Å². The van der Waals surface area contributed by atoms with E-state index in [2.05, 4.69) is 0 Å². The number of carbonyl (C=O) groups is 3. The Hall–Kier alpha value is -2.14. The molecule has 0 atom stereocenters. The van der Waals surface area contributed by atoms with Crippen LogP contribution in [-0.4, -0.2) is 73.1 Å². The molecule has 1 aromatic heterocycles. The van der Waals surface area contributed by atoms with Gasteiger partial charge in [-0.25, -0.2) is 4.79 Å². The van der Waals surface area contributed by atoms with Gasteiger partial charge in [0.2, 0.25) is 5.91 Å². The Bertz CT molecular complexity index is 613. The van der Waals surface area contributed by atoms with E-state index in [-0.39, 0.29) is 12.5 Å². The van der Waals surface area contributed by atoms with Gasteiger partial charge >= 0.3 is 12.2 Å². The molecule has 1 aromatic rings. The molecule has 0 aliphatic carbocycles. The first-order chi connectivity index (χ1) is 11.7. The van der Waals surface area contributed by atoms with Gasteiger partial charge in [-0.2, -0.15) is 13.2 Å². The van der Waals surface area contributed by atoms with Crippen molar-refractivity contribution in [2.24, 2.45) is 0 Å². The van der Waals surface area contributed by atoms with Crippen LogP contribution >= 0.6 is 11.3 Å². The van der Waals surface area contributed by atoms with Gasteiger partial charge in [0.25, 0.3) is 5.91 Å². The molecule has 1 aliphatic rings. The third kappa shape index (κ3) is 6.35. The number of carbonyl (C=O) groups excluding carboxylic acids is 3. The summed E-state index contributed by atoms with van der Waals surface area (Å²) >= 11 is 1.36. The molecule has 25 heavy (non-hydrogen) atoms. The molecule has 1 aliphatic heterocycles. The first-order valence-corrected chi connectivity index (χ1v) is 8.32. The first kappa shape index (κ1) is 19.2. The van der Waals surface area contributed by atoms with Crippen LogP contribution in [-0.2, 0) is 4.79 Å². The third-order valence-electron chi connectivity index (χ3n) is 3.46. The number of hydrogen-bond donors (Lipinski definition) is 2. The predicted molar refractivity (Wildman–Crippen MR) is 84.3 cm³/mol. The quantitative estimate of drug-likeness (QED) is 0.816. The van der Waals surface area contributed by atoms with Gasteiger partial charge in [0, 0.05) is 26.2 Å². The molecule has 4 amide bonds. The minimum absolute atomic E-state index is 0.0642. The Balaban J connectivity index is 1.70. The van der Waals surface area contributed by atoms with Crippen LogP contribution in [0, 0.1) is 0 Å². The third-order valence-corrected chi connectivity index (χ3v) is 4.32. The van der Waals surface area contributed by atoms with Crippen LogP contribution in [0.1, 0.15) is 9.67 Å². The van der Waals surface area contributed by atoms with E-state index in [9.17, 15) is 27.6 Å². The number of rotatable bonds is 4. The zero-order valence-corrected chi connectivity index (χ0v) is 14.0. The van der Waals surface area contributed by atoms with E-state index < -0.39 is 24.7 Å². The summed E-state index contributed by atoms with van der Waals surface area (Å²) in [5.74, 6) is -0.761. The summed E-state index contributed by atoms with van der Waals surface area (Å²) in [5.41, 5.74) is 0. The van der Waals surface area contributed by atoms with E-state index >= 15 is 0 Å². The maximum Gasteiger partial charge on any atom is 0.405 e. The second-order valence-corrected chi connectivity index (χ2v) is 6.34. The van der Waals surface area contributed by atoms with Crippen molar-refractivity contribution in [1.29, 1.82) is 0 Å². The van der Waals surface area contributed by atoms with Crippen LogP contribution in [0.3, 0.4) is 0 Å². The highest BCUT2D eigenvalue weighted by atomic mass is 32.1. The molecular formula is C14H17F3N4O3S. The minimum Gasteiger partial charge on any atom is -0.335 e. The number of piperazine rings is 1. The maximum absolute atomic E-state index is 12.2. The number of amides is 4. The Morgan fingerprint density at radius 1 is 1.16 bits per heavy atom. The van der Waals surface area contributed by atoms with Crippen molar-refractivity contribution in [3.8, 4) is 0 Å². The molecular weight excluding hydrogens is 361 g/mol. The number of halogens is 3. The summed E-state index contributed by atoms with van der Waals surface area (Å²) in [4.78, 5) is 39.1. The average Bonchev–Trinajstić information content (AvgIpc) is 3.06. The van der Waals surface area contributed by atoms with Crippen LogP contribution < -0.4 is 10.6 Å². The molecule has 11 heteroatoms. The summed E-state index contributed by atoms with van der Waals surface area (Å²) in [6.07, 6.45) is -4.54. The van der Waals surface area contributed by atoms with E-state index in [1.807, 2.05) is 10.7 Å². The number of imide groups is 1. The van der Waals surface area contributed by atoms with Crippen molar-refractivity contribution in [3.63, 3.8) is 0 Å². The molecule has 2 N–H and O–H groups in total.